The fourth-order valence-electron chi connectivity index (χ4n) is 0.389. The van der Waals surface area contributed by atoms with Crippen LogP contribution in [0.3, 0.4) is 0 Å². The molecule has 0 aliphatic carbocycles. The van der Waals surface area contributed by atoms with Crippen LogP contribution < -0.4 is 0 Å². The van der Waals surface area contributed by atoms with E-state index in [1.807, 2.05) is 13.8 Å². The Hall–Kier alpha value is -0.160. The molecule has 0 heterocycles. The second-order valence-corrected chi connectivity index (χ2v) is 4.19. The Morgan fingerprint density at radius 2 is 2.11 bits per heavy atom. The van der Waals surface area contributed by atoms with Gasteiger partial charge in [-0.05, 0) is 26.0 Å². The lowest BCUT2D eigenvalue weighted by molar-refractivity contribution is 0.908. The fourth-order valence-corrected chi connectivity index (χ4v) is 1.17. The number of nitriles is 1. The average molecular weight is 143 g/mol. The molecule has 9 heavy (non-hydrogen) atoms. The van der Waals surface area contributed by atoms with E-state index >= 15 is 0 Å². The van der Waals surface area contributed by atoms with Crippen LogP contribution in [0.1, 0.15) is 27.2 Å². The highest BCUT2D eigenvalue weighted by molar-refractivity contribution is 8.00. The fraction of sp³-hybridized carbons (Fsp3) is 0.857. The smallest absolute Gasteiger partial charge is 0.0967 e. The molecule has 0 N–H and O–H groups in total. The van der Waals surface area contributed by atoms with E-state index in [9.17, 15) is 0 Å². The van der Waals surface area contributed by atoms with Gasteiger partial charge in [-0.15, -0.1) is 11.8 Å². The Kier molecular flexibility index (Phi) is 3.72. The van der Waals surface area contributed by atoms with E-state index in [2.05, 4.69) is 13.0 Å². The van der Waals surface area contributed by atoms with Gasteiger partial charge in [0.05, 0.1) is 10.8 Å². The van der Waals surface area contributed by atoms with Crippen molar-refractivity contribution in [2.24, 2.45) is 0 Å². The molecule has 0 aromatic carbocycles. The highest BCUT2D eigenvalue weighted by atomic mass is 32.2. The van der Waals surface area contributed by atoms with Gasteiger partial charge in [0, 0.05) is 0 Å². The van der Waals surface area contributed by atoms with Crippen LogP contribution in [-0.4, -0.2) is 10.5 Å². The van der Waals surface area contributed by atoms with E-state index in [0.29, 0.717) is 0 Å². The molecule has 0 aliphatic heterocycles. The lowest BCUT2D eigenvalue weighted by Gasteiger charge is -2.12. The van der Waals surface area contributed by atoms with Gasteiger partial charge >= 0.3 is 0 Å². The van der Waals surface area contributed by atoms with E-state index < -0.39 is 0 Å². The topological polar surface area (TPSA) is 23.8 Å². The predicted molar refractivity (Wildman–Crippen MR) is 42.4 cm³/mol. The third-order valence-electron chi connectivity index (χ3n) is 0.936. The maximum absolute atomic E-state index is 8.55. The van der Waals surface area contributed by atoms with Crippen molar-refractivity contribution < 1.29 is 0 Å². The highest BCUT2D eigenvalue weighted by Crippen LogP contribution is 2.23. The Balaban J connectivity index is 3.49. The van der Waals surface area contributed by atoms with Gasteiger partial charge in [0.1, 0.15) is 0 Å². The molecule has 0 aliphatic rings. The van der Waals surface area contributed by atoms with E-state index in [0.717, 1.165) is 12.2 Å². The Labute approximate surface area is 61.4 Å². The first-order valence-corrected chi connectivity index (χ1v) is 4.16. The molecule has 2 heteroatoms. The minimum Gasteiger partial charge on any atom is -0.197 e. The van der Waals surface area contributed by atoms with E-state index in [1.165, 1.54) is 0 Å². The third-order valence-corrected chi connectivity index (χ3v) is 2.36. The summed E-state index contributed by atoms with van der Waals surface area (Å²) < 4.78 is -0.185. The molecule has 0 atom stereocenters. The van der Waals surface area contributed by atoms with Crippen LogP contribution in [0.2, 0.25) is 0 Å². The molecule has 0 rings (SSSR count). The van der Waals surface area contributed by atoms with Crippen LogP contribution >= 0.6 is 11.8 Å². The Morgan fingerprint density at radius 3 is 2.44 bits per heavy atom. The zero-order valence-corrected chi connectivity index (χ0v) is 7.09. The van der Waals surface area contributed by atoms with Crippen LogP contribution in [-0.2, 0) is 0 Å². The molecule has 0 bridgehead atoms. The molecule has 0 saturated carbocycles. The molecule has 0 aromatic heterocycles. The second-order valence-electron chi connectivity index (χ2n) is 2.47. The lowest BCUT2D eigenvalue weighted by Crippen LogP contribution is -2.10. The van der Waals surface area contributed by atoms with Crippen LogP contribution in [0.15, 0.2) is 0 Å². The first kappa shape index (κ1) is 8.84. The van der Waals surface area contributed by atoms with Crippen molar-refractivity contribution in [2.45, 2.75) is 31.9 Å². The maximum atomic E-state index is 8.55. The van der Waals surface area contributed by atoms with Crippen LogP contribution in [0.5, 0.6) is 0 Å². The number of hydrogen-bond donors (Lipinski definition) is 0. The Bertz CT molecular complexity index is 113. The minimum atomic E-state index is -0.185. The van der Waals surface area contributed by atoms with Crippen LogP contribution in [0, 0.1) is 11.3 Å². The van der Waals surface area contributed by atoms with Crippen molar-refractivity contribution in [1.29, 1.82) is 5.26 Å². The third kappa shape index (κ3) is 4.35. The highest BCUT2D eigenvalue weighted by Gasteiger charge is 2.15. The van der Waals surface area contributed by atoms with Gasteiger partial charge in [0.2, 0.25) is 0 Å². The summed E-state index contributed by atoms with van der Waals surface area (Å²) in [6.07, 6.45) is 1.15. The summed E-state index contributed by atoms with van der Waals surface area (Å²) in [4.78, 5) is 0. The van der Waals surface area contributed by atoms with Crippen molar-refractivity contribution in [3.8, 4) is 6.07 Å². The van der Waals surface area contributed by atoms with Crippen molar-refractivity contribution in [3.05, 3.63) is 0 Å². The van der Waals surface area contributed by atoms with E-state index in [-0.39, 0.29) is 4.75 Å². The maximum Gasteiger partial charge on any atom is 0.0967 e. The van der Waals surface area contributed by atoms with E-state index in [1.54, 1.807) is 11.8 Å². The first-order chi connectivity index (χ1) is 4.12. The van der Waals surface area contributed by atoms with Gasteiger partial charge in [0.25, 0.3) is 0 Å². The molecule has 52 valence electrons. The molecule has 1 nitrogen and oxygen atoms in total. The Morgan fingerprint density at radius 1 is 1.56 bits per heavy atom. The summed E-state index contributed by atoms with van der Waals surface area (Å²) in [5, 5.41) is 8.55. The zero-order chi connectivity index (χ0) is 7.33. The number of thioether (sulfide) groups is 1. The van der Waals surface area contributed by atoms with Gasteiger partial charge < -0.3 is 0 Å². The van der Waals surface area contributed by atoms with E-state index in [4.69, 9.17) is 5.26 Å². The summed E-state index contributed by atoms with van der Waals surface area (Å²) in [5.41, 5.74) is 0. The molecule has 0 radical (unpaired) electrons. The van der Waals surface area contributed by atoms with Crippen molar-refractivity contribution in [3.63, 3.8) is 0 Å². The molecular formula is C7H13NS. The van der Waals surface area contributed by atoms with Gasteiger partial charge in [-0.1, -0.05) is 6.92 Å². The molecular weight excluding hydrogens is 130 g/mol. The summed E-state index contributed by atoms with van der Waals surface area (Å²) in [7, 11) is 0. The van der Waals surface area contributed by atoms with Gasteiger partial charge in [-0.3, -0.25) is 0 Å². The molecule has 0 spiro atoms. The number of hydrogen-bond acceptors (Lipinski definition) is 2. The molecule has 0 unspecified atom stereocenters. The molecule has 0 aromatic rings. The van der Waals surface area contributed by atoms with Gasteiger partial charge in [-0.25, -0.2) is 0 Å². The monoisotopic (exact) mass is 143 g/mol. The van der Waals surface area contributed by atoms with Gasteiger partial charge in [0.15, 0.2) is 0 Å². The summed E-state index contributed by atoms with van der Waals surface area (Å²) in [6, 6.07) is 2.24. The normalized spacial score (nSPS) is 10.9. The van der Waals surface area contributed by atoms with Crippen molar-refractivity contribution in [1.82, 2.24) is 0 Å². The quantitative estimate of drug-likeness (QED) is 0.606. The second kappa shape index (κ2) is 3.79. The largest absolute Gasteiger partial charge is 0.197 e. The first-order valence-electron chi connectivity index (χ1n) is 3.17. The molecule has 0 fully saturated rings. The van der Waals surface area contributed by atoms with Crippen LogP contribution in [0.4, 0.5) is 0 Å². The van der Waals surface area contributed by atoms with Crippen molar-refractivity contribution >= 4 is 11.8 Å². The van der Waals surface area contributed by atoms with Crippen LogP contribution in [0.25, 0.3) is 0 Å². The molecule has 0 amide bonds. The number of nitrogens with zero attached hydrogens (tertiary/aromatic N) is 1. The molecule has 0 saturated heterocycles. The summed E-state index contributed by atoms with van der Waals surface area (Å²) >= 11 is 1.72. The lowest BCUT2D eigenvalue weighted by atomic mass is 10.2. The predicted octanol–water partition coefficient (Wildman–Crippen LogP) is 2.43. The SMILES string of the molecule is CCCSC(C)(C)C#N. The van der Waals surface area contributed by atoms with Crippen molar-refractivity contribution in [2.75, 3.05) is 5.75 Å². The number of rotatable bonds is 3. The van der Waals surface area contributed by atoms with Gasteiger partial charge in [-0.2, -0.15) is 5.26 Å². The zero-order valence-electron chi connectivity index (χ0n) is 6.27. The standard InChI is InChI=1S/C7H13NS/c1-4-5-9-7(2,3)6-8/h4-5H2,1-3H3. The summed E-state index contributed by atoms with van der Waals surface area (Å²) in [5.74, 6) is 1.08. The summed E-state index contributed by atoms with van der Waals surface area (Å²) in [6.45, 7) is 6.03. The average Bonchev–Trinajstić information content (AvgIpc) is 1.84. The minimum absolute atomic E-state index is 0.185.